The van der Waals surface area contributed by atoms with Crippen LogP contribution in [0.4, 0.5) is 4.79 Å². The summed E-state index contributed by atoms with van der Waals surface area (Å²) in [7, 11) is 0. The summed E-state index contributed by atoms with van der Waals surface area (Å²) < 4.78 is 5.01. The second-order valence-electron chi connectivity index (χ2n) is 5.20. The van der Waals surface area contributed by atoms with Crippen LogP contribution in [0, 0.1) is 0 Å². The Hall–Kier alpha value is -1.56. The van der Waals surface area contributed by atoms with Crippen molar-refractivity contribution in [3.05, 3.63) is 22.4 Å². The maximum Gasteiger partial charge on any atom is 0.410 e. The molecule has 0 N–H and O–H groups in total. The fraction of sp³-hybridized carbons (Fsp3) is 0.571. The van der Waals surface area contributed by atoms with E-state index in [0.29, 0.717) is 32.7 Å². The summed E-state index contributed by atoms with van der Waals surface area (Å²) in [5, 5.41) is 2.06. The number of carbonyl (C=O) groups is 2. The molecule has 3 heterocycles. The molecule has 0 saturated carbocycles. The normalized spacial score (nSPS) is 21.8. The molecule has 20 heavy (non-hydrogen) atoms. The number of fused-ring (bicyclic) bond motifs is 1. The first-order valence-corrected chi connectivity index (χ1v) is 7.85. The van der Waals surface area contributed by atoms with Gasteiger partial charge in [-0.2, -0.15) is 0 Å². The van der Waals surface area contributed by atoms with E-state index in [1.165, 1.54) is 4.88 Å². The van der Waals surface area contributed by atoms with Gasteiger partial charge in [0.1, 0.15) is 6.61 Å². The first kappa shape index (κ1) is 13.4. The van der Waals surface area contributed by atoms with Crippen molar-refractivity contribution in [2.75, 3.05) is 26.2 Å². The lowest BCUT2D eigenvalue weighted by Crippen LogP contribution is -2.53. The summed E-state index contributed by atoms with van der Waals surface area (Å²) in [5.74, 6) is 0.195. The van der Waals surface area contributed by atoms with Gasteiger partial charge in [-0.05, 0) is 24.3 Å². The van der Waals surface area contributed by atoms with Gasteiger partial charge in [0.25, 0.3) is 0 Å². The van der Waals surface area contributed by atoms with Crippen molar-refractivity contribution in [3.63, 3.8) is 0 Å². The Morgan fingerprint density at radius 1 is 1.45 bits per heavy atom. The summed E-state index contributed by atoms with van der Waals surface area (Å²) in [6.45, 7) is 2.25. The fourth-order valence-electron chi connectivity index (χ4n) is 2.74. The van der Waals surface area contributed by atoms with Crippen LogP contribution in [-0.4, -0.2) is 54.1 Å². The van der Waals surface area contributed by atoms with Gasteiger partial charge in [0.15, 0.2) is 0 Å². The van der Waals surface area contributed by atoms with Gasteiger partial charge in [0, 0.05) is 30.9 Å². The lowest BCUT2D eigenvalue weighted by atomic mass is 10.1. The Bertz CT molecular complexity index is 489. The fourth-order valence-corrected chi connectivity index (χ4v) is 3.49. The van der Waals surface area contributed by atoms with Crippen LogP contribution in [0.1, 0.15) is 17.7 Å². The van der Waals surface area contributed by atoms with Gasteiger partial charge in [-0.15, -0.1) is 11.3 Å². The summed E-state index contributed by atoms with van der Waals surface area (Å²) >= 11 is 1.74. The molecule has 5 nitrogen and oxygen atoms in total. The zero-order chi connectivity index (χ0) is 13.9. The van der Waals surface area contributed by atoms with Crippen LogP contribution in [0.5, 0.6) is 0 Å². The Morgan fingerprint density at radius 2 is 2.35 bits per heavy atom. The van der Waals surface area contributed by atoms with Crippen molar-refractivity contribution >= 4 is 23.3 Å². The monoisotopic (exact) mass is 294 g/mol. The Labute approximate surface area is 122 Å². The lowest BCUT2D eigenvalue weighted by molar-refractivity contribution is -0.133. The van der Waals surface area contributed by atoms with Gasteiger partial charge >= 0.3 is 6.09 Å². The van der Waals surface area contributed by atoms with Gasteiger partial charge in [0.2, 0.25) is 5.91 Å². The van der Waals surface area contributed by atoms with Crippen LogP contribution in [0.25, 0.3) is 0 Å². The zero-order valence-corrected chi connectivity index (χ0v) is 12.1. The molecule has 0 aliphatic carbocycles. The van der Waals surface area contributed by atoms with Gasteiger partial charge in [-0.3, -0.25) is 9.69 Å². The third-order valence-corrected chi connectivity index (χ3v) is 4.80. The molecule has 108 valence electrons. The van der Waals surface area contributed by atoms with Gasteiger partial charge in [-0.25, -0.2) is 4.79 Å². The largest absolute Gasteiger partial charge is 0.447 e. The first-order valence-electron chi connectivity index (χ1n) is 6.97. The molecule has 2 aliphatic heterocycles. The number of amides is 2. The van der Waals surface area contributed by atoms with E-state index in [9.17, 15) is 9.59 Å². The van der Waals surface area contributed by atoms with Crippen molar-refractivity contribution in [2.45, 2.75) is 25.3 Å². The van der Waals surface area contributed by atoms with Crippen LogP contribution < -0.4 is 0 Å². The first-order chi connectivity index (χ1) is 9.74. The minimum absolute atomic E-state index is 0.0532. The SMILES string of the molecule is O=C(CCCc1cccs1)N1CCN2C(=O)OCC2C1. The average Bonchev–Trinajstić information content (AvgIpc) is 3.09. The number of aryl methyl sites for hydroxylation is 1. The standard InChI is InChI=1S/C14H18N2O3S/c17-13(5-1-3-12-4-2-8-20-12)15-6-7-16-11(9-15)10-19-14(16)18/h2,4,8,11H,1,3,5-7,9-10H2. The van der Waals surface area contributed by atoms with Crippen molar-refractivity contribution in [2.24, 2.45) is 0 Å². The smallest absolute Gasteiger partial charge is 0.410 e. The maximum atomic E-state index is 12.2. The van der Waals surface area contributed by atoms with Gasteiger partial charge in [0.05, 0.1) is 6.04 Å². The van der Waals surface area contributed by atoms with Crippen molar-refractivity contribution < 1.29 is 14.3 Å². The van der Waals surface area contributed by atoms with Crippen molar-refractivity contribution in [1.29, 1.82) is 0 Å². The predicted molar refractivity (Wildman–Crippen MR) is 75.7 cm³/mol. The van der Waals surface area contributed by atoms with E-state index in [2.05, 4.69) is 11.4 Å². The maximum absolute atomic E-state index is 12.2. The minimum atomic E-state index is -0.236. The molecule has 0 radical (unpaired) electrons. The van der Waals surface area contributed by atoms with E-state index in [4.69, 9.17) is 4.74 Å². The van der Waals surface area contributed by atoms with Gasteiger partial charge in [-0.1, -0.05) is 6.07 Å². The molecule has 6 heteroatoms. The molecular weight excluding hydrogens is 276 g/mol. The molecule has 1 unspecified atom stereocenters. The van der Waals surface area contributed by atoms with Crippen molar-refractivity contribution in [1.82, 2.24) is 9.80 Å². The zero-order valence-electron chi connectivity index (χ0n) is 11.3. The quantitative estimate of drug-likeness (QED) is 0.850. The summed E-state index contributed by atoms with van der Waals surface area (Å²) in [6, 6.07) is 4.20. The Balaban J connectivity index is 1.45. The molecule has 3 rings (SSSR count). The van der Waals surface area contributed by atoms with E-state index in [0.717, 1.165) is 12.8 Å². The van der Waals surface area contributed by atoms with E-state index in [1.807, 2.05) is 11.0 Å². The van der Waals surface area contributed by atoms with Crippen LogP contribution in [0.3, 0.4) is 0 Å². The number of rotatable bonds is 4. The molecule has 1 aromatic rings. The third-order valence-electron chi connectivity index (χ3n) is 3.86. The minimum Gasteiger partial charge on any atom is -0.447 e. The molecule has 1 aromatic heterocycles. The van der Waals surface area contributed by atoms with Crippen LogP contribution in [0.15, 0.2) is 17.5 Å². The summed E-state index contributed by atoms with van der Waals surface area (Å²) in [5.41, 5.74) is 0. The molecule has 1 atom stereocenters. The van der Waals surface area contributed by atoms with E-state index in [1.54, 1.807) is 16.2 Å². The number of cyclic esters (lactones) is 1. The number of thiophene rings is 1. The number of ether oxygens (including phenoxy) is 1. The Morgan fingerprint density at radius 3 is 3.15 bits per heavy atom. The Kier molecular flexibility index (Phi) is 3.91. The molecule has 0 aromatic carbocycles. The highest BCUT2D eigenvalue weighted by Gasteiger charge is 2.38. The van der Waals surface area contributed by atoms with E-state index >= 15 is 0 Å². The predicted octanol–water partition coefficient (Wildman–Crippen LogP) is 1.73. The average molecular weight is 294 g/mol. The molecule has 2 fully saturated rings. The number of piperazine rings is 1. The van der Waals surface area contributed by atoms with E-state index in [-0.39, 0.29) is 18.0 Å². The van der Waals surface area contributed by atoms with Gasteiger partial charge < -0.3 is 9.64 Å². The van der Waals surface area contributed by atoms with Crippen molar-refractivity contribution in [3.8, 4) is 0 Å². The topological polar surface area (TPSA) is 49.9 Å². The van der Waals surface area contributed by atoms with Crippen LogP contribution in [-0.2, 0) is 16.0 Å². The molecule has 2 saturated heterocycles. The number of carbonyl (C=O) groups excluding carboxylic acids is 2. The second-order valence-corrected chi connectivity index (χ2v) is 6.23. The summed E-state index contributed by atoms with van der Waals surface area (Å²) in [6.07, 6.45) is 2.20. The number of hydrogen-bond donors (Lipinski definition) is 0. The molecule has 2 amide bonds. The highest BCUT2D eigenvalue weighted by Crippen LogP contribution is 2.19. The molecule has 2 aliphatic rings. The highest BCUT2D eigenvalue weighted by atomic mass is 32.1. The lowest BCUT2D eigenvalue weighted by Gasteiger charge is -2.35. The number of hydrogen-bond acceptors (Lipinski definition) is 4. The van der Waals surface area contributed by atoms with Crippen LogP contribution in [0.2, 0.25) is 0 Å². The summed E-state index contributed by atoms with van der Waals surface area (Å²) in [4.78, 5) is 28.5. The second kappa shape index (κ2) is 5.83. The van der Waals surface area contributed by atoms with Crippen LogP contribution >= 0.6 is 11.3 Å². The molecular formula is C14H18N2O3S. The highest BCUT2D eigenvalue weighted by molar-refractivity contribution is 7.09. The number of nitrogens with zero attached hydrogens (tertiary/aromatic N) is 2. The third kappa shape index (κ3) is 2.80. The molecule has 0 spiro atoms. The van der Waals surface area contributed by atoms with E-state index < -0.39 is 0 Å². The molecule has 0 bridgehead atoms.